The number of rotatable bonds is 4. The Morgan fingerprint density at radius 2 is 1.46 bits per heavy atom. The summed E-state index contributed by atoms with van der Waals surface area (Å²) < 4.78 is 65.7. The fourth-order valence-electron chi connectivity index (χ4n) is 4.61. The van der Waals surface area contributed by atoms with E-state index in [4.69, 9.17) is 24.8 Å². The number of hydrogen-bond donors (Lipinski definition) is 2. The Kier molecular flexibility index (Phi) is 10.7. The van der Waals surface area contributed by atoms with E-state index in [9.17, 15) is 26.3 Å². The third kappa shape index (κ3) is 10.0. The number of hydrogen-bond acceptors (Lipinski definition) is 6. The van der Waals surface area contributed by atoms with Crippen LogP contribution >= 0.6 is 0 Å². The quantitative estimate of drug-likeness (QED) is 0.431. The van der Waals surface area contributed by atoms with Crippen LogP contribution in [0.1, 0.15) is 24.2 Å². The average molecular weight is 590 g/mol. The molecule has 0 bridgehead atoms. The van der Waals surface area contributed by atoms with Crippen molar-refractivity contribution in [3.8, 4) is 0 Å². The minimum atomic E-state index is -5.08. The molecule has 1 fully saturated rings. The lowest BCUT2D eigenvalue weighted by molar-refractivity contribution is -0.193. The largest absolute Gasteiger partial charge is 0.490 e. The minimum absolute atomic E-state index is 0.615. The van der Waals surface area contributed by atoms with E-state index in [0.717, 1.165) is 37.4 Å². The first-order valence-corrected chi connectivity index (χ1v) is 12.6. The van der Waals surface area contributed by atoms with Gasteiger partial charge < -0.3 is 15.1 Å². The summed E-state index contributed by atoms with van der Waals surface area (Å²) in [6.45, 7) is 7.68. The highest BCUT2D eigenvalue weighted by atomic mass is 19.4. The first kappa shape index (κ1) is 31.8. The number of carboxylic acid groups (broad SMARTS) is 2. The molecule has 0 saturated carbocycles. The zero-order chi connectivity index (χ0) is 30.2. The summed E-state index contributed by atoms with van der Waals surface area (Å²) in [5.41, 5.74) is 3.56. The predicted octanol–water partition coefficient (Wildman–Crippen LogP) is 4.43. The van der Waals surface area contributed by atoms with Crippen molar-refractivity contribution in [3.63, 3.8) is 0 Å². The standard InChI is InChI=1S/C22H27N5.2C2HF3O2/c1-2-6-22-19(5-1)7-8-20(24-22)16-26-14-18(13-25-11-3-4-12-25)15-27-21(17-26)9-10-23-27;2*3-2(4,5)1(6)7/h1-2,5-10,18H,3-4,11-17H2;2*(H,6,7). The molecule has 41 heavy (non-hydrogen) atoms. The fraction of sp³-hybridized carbons (Fsp3) is 0.462. The molecule has 9 nitrogen and oxygen atoms in total. The highest BCUT2D eigenvalue weighted by Gasteiger charge is 2.38. The number of halogens is 6. The maximum atomic E-state index is 10.6. The lowest BCUT2D eigenvalue weighted by Gasteiger charge is -2.27. The molecule has 15 heteroatoms. The topological polar surface area (TPSA) is 112 Å². The van der Waals surface area contributed by atoms with Gasteiger partial charge in [0, 0.05) is 50.2 Å². The molecular formula is C26H29F6N5O4. The Bertz CT molecular complexity index is 1280. The third-order valence-electron chi connectivity index (χ3n) is 6.38. The molecule has 2 aliphatic heterocycles. The normalized spacial score (nSPS) is 18.0. The molecule has 2 aliphatic rings. The number of likely N-dealkylation sites (tertiary alicyclic amines) is 1. The molecular weight excluding hydrogens is 560 g/mol. The maximum Gasteiger partial charge on any atom is 0.490 e. The van der Waals surface area contributed by atoms with Gasteiger partial charge in [-0.1, -0.05) is 24.3 Å². The summed E-state index contributed by atoms with van der Waals surface area (Å²) in [7, 11) is 0. The number of para-hydroxylation sites is 1. The highest BCUT2D eigenvalue weighted by Crippen LogP contribution is 2.21. The van der Waals surface area contributed by atoms with E-state index in [1.54, 1.807) is 0 Å². The van der Waals surface area contributed by atoms with Gasteiger partial charge >= 0.3 is 24.3 Å². The van der Waals surface area contributed by atoms with Crippen LogP contribution in [0.5, 0.6) is 0 Å². The highest BCUT2D eigenvalue weighted by molar-refractivity contribution is 5.78. The third-order valence-corrected chi connectivity index (χ3v) is 6.38. The van der Waals surface area contributed by atoms with Crippen molar-refractivity contribution in [1.29, 1.82) is 0 Å². The molecule has 1 saturated heterocycles. The van der Waals surface area contributed by atoms with Crippen molar-refractivity contribution in [2.75, 3.05) is 26.2 Å². The van der Waals surface area contributed by atoms with Gasteiger partial charge in [-0.05, 0) is 44.1 Å². The lowest BCUT2D eigenvalue weighted by Crippen LogP contribution is -2.35. The molecule has 0 spiro atoms. The van der Waals surface area contributed by atoms with Crippen molar-refractivity contribution >= 4 is 22.8 Å². The van der Waals surface area contributed by atoms with Gasteiger partial charge in [0.2, 0.25) is 0 Å². The van der Waals surface area contributed by atoms with Crippen LogP contribution in [0, 0.1) is 5.92 Å². The van der Waals surface area contributed by atoms with Crippen molar-refractivity contribution in [2.24, 2.45) is 5.92 Å². The Balaban J connectivity index is 0.000000276. The molecule has 4 heterocycles. The van der Waals surface area contributed by atoms with E-state index in [1.807, 2.05) is 6.20 Å². The molecule has 0 radical (unpaired) electrons. The van der Waals surface area contributed by atoms with Gasteiger partial charge in [0.15, 0.2) is 0 Å². The molecule has 2 aromatic heterocycles. The Hall–Kier alpha value is -3.72. The molecule has 5 rings (SSSR count). The number of aliphatic carboxylic acids is 2. The van der Waals surface area contributed by atoms with Crippen LogP contribution in [0.3, 0.4) is 0 Å². The summed E-state index contributed by atoms with van der Waals surface area (Å²) in [6, 6.07) is 14.9. The van der Waals surface area contributed by atoms with Crippen molar-refractivity contribution in [2.45, 2.75) is 44.8 Å². The van der Waals surface area contributed by atoms with E-state index in [1.165, 1.54) is 43.6 Å². The summed E-state index contributed by atoms with van der Waals surface area (Å²) in [5, 5.41) is 20.0. The van der Waals surface area contributed by atoms with Gasteiger partial charge in [0.25, 0.3) is 0 Å². The van der Waals surface area contributed by atoms with Crippen LogP contribution in [0.15, 0.2) is 48.7 Å². The van der Waals surface area contributed by atoms with Gasteiger partial charge in [-0.15, -0.1) is 0 Å². The molecule has 0 amide bonds. The second kappa shape index (κ2) is 13.8. The first-order valence-electron chi connectivity index (χ1n) is 12.6. The maximum absolute atomic E-state index is 10.6. The Morgan fingerprint density at radius 3 is 2.07 bits per heavy atom. The van der Waals surface area contributed by atoms with Crippen molar-refractivity contribution < 1.29 is 46.1 Å². The molecule has 3 aromatic rings. The molecule has 2 N–H and O–H groups in total. The van der Waals surface area contributed by atoms with Crippen LogP contribution in [-0.4, -0.2) is 85.2 Å². The summed E-state index contributed by atoms with van der Waals surface area (Å²) in [4.78, 5) is 27.9. The summed E-state index contributed by atoms with van der Waals surface area (Å²) in [6.07, 6.45) is -5.52. The van der Waals surface area contributed by atoms with E-state index in [0.29, 0.717) is 5.92 Å². The van der Waals surface area contributed by atoms with Gasteiger partial charge in [-0.25, -0.2) is 9.59 Å². The zero-order valence-corrected chi connectivity index (χ0v) is 21.8. The number of pyridine rings is 1. The summed E-state index contributed by atoms with van der Waals surface area (Å²) >= 11 is 0. The number of benzene rings is 1. The molecule has 1 aromatic carbocycles. The van der Waals surface area contributed by atoms with Gasteiger partial charge in [-0.2, -0.15) is 31.4 Å². The van der Waals surface area contributed by atoms with Crippen LogP contribution in [-0.2, 0) is 29.2 Å². The van der Waals surface area contributed by atoms with Crippen LogP contribution < -0.4 is 0 Å². The second-order valence-corrected chi connectivity index (χ2v) is 9.65. The second-order valence-electron chi connectivity index (χ2n) is 9.65. The van der Waals surface area contributed by atoms with Crippen molar-refractivity contribution in [3.05, 3.63) is 60.0 Å². The molecule has 0 aliphatic carbocycles. The number of carboxylic acids is 2. The van der Waals surface area contributed by atoms with E-state index >= 15 is 0 Å². The molecule has 224 valence electrons. The van der Waals surface area contributed by atoms with E-state index < -0.39 is 24.3 Å². The zero-order valence-electron chi connectivity index (χ0n) is 21.8. The van der Waals surface area contributed by atoms with Gasteiger partial charge in [0.1, 0.15) is 0 Å². The number of fused-ring (bicyclic) bond motifs is 2. The van der Waals surface area contributed by atoms with Gasteiger partial charge in [0.05, 0.1) is 16.9 Å². The molecule has 1 unspecified atom stereocenters. The molecule has 1 atom stereocenters. The fourth-order valence-corrected chi connectivity index (χ4v) is 4.61. The van der Waals surface area contributed by atoms with Crippen LogP contribution in [0.4, 0.5) is 26.3 Å². The minimum Gasteiger partial charge on any atom is -0.475 e. The van der Waals surface area contributed by atoms with E-state index in [2.05, 4.69) is 62.0 Å². The Labute approximate surface area is 231 Å². The summed E-state index contributed by atoms with van der Waals surface area (Å²) in [5.74, 6) is -4.90. The van der Waals surface area contributed by atoms with Crippen LogP contribution in [0.25, 0.3) is 10.9 Å². The average Bonchev–Trinajstić information content (AvgIpc) is 3.53. The lowest BCUT2D eigenvalue weighted by atomic mass is 10.1. The monoisotopic (exact) mass is 589 g/mol. The predicted molar refractivity (Wildman–Crippen MR) is 135 cm³/mol. The van der Waals surface area contributed by atoms with Crippen molar-refractivity contribution in [1.82, 2.24) is 24.6 Å². The van der Waals surface area contributed by atoms with Gasteiger partial charge in [-0.3, -0.25) is 14.6 Å². The number of alkyl halides is 6. The van der Waals surface area contributed by atoms with E-state index in [-0.39, 0.29) is 0 Å². The number of carbonyl (C=O) groups is 2. The SMILES string of the molecule is O=C(O)C(F)(F)F.O=C(O)C(F)(F)F.c1ccc2nc(CN3Cc4ccnn4CC(CN4CCCC4)C3)ccc2c1. The first-order chi connectivity index (χ1) is 19.2. The number of nitrogens with zero attached hydrogens (tertiary/aromatic N) is 5. The Morgan fingerprint density at radius 1 is 0.854 bits per heavy atom. The number of aromatic nitrogens is 3. The van der Waals surface area contributed by atoms with Crippen LogP contribution in [0.2, 0.25) is 0 Å². The smallest absolute Gasteiger partial charge is 0.475 e.